The Morgan fingerprint density at radius 3 is 2.47 bits per heavy atom. The maximum Gasteiger partial charge on any atom is 0.573 e. The molecule has 2 heterocycles. The Labute approximate surface area is 248 Å². The average Bonchev–Trinajstić information content (AvgIpc) is 3.60. The zero-order chi connectivity index (χ0) is 30.6. The fourth-order valence-corrected chi connectivity index (χ4v) is 5.13. The van der Waals surface area contributed by atoms with E-state index >= 15 is 0 Å². The summed E-state index contributed by atoms with van der Waals surface area (Å²) < 4.78 is 47.7. The van der Waals surface area contributed by atoms with Crippen LogP contribution in [0.2, 0.25) is 0 Å². The number of urea groups is 1. The summed E-state index contributed by atoms with van der Waals surface area (Å²) in [5.41, 5.74) is 3.69. The van der Waals surface area contributed by atoms with Crippen molar-refractivity contribution in [1.82, 2.24) is 20.1 Å². The third-order valence-corrected chi connectivity index (χ3v) is 7.26. The van der Waals surface area contributed by atoms with Crippen molar-refractivity contribution < 1.29 is 32.2 Å². The number of ether oxygens (including phenoxy) is 2. The SMILES string of the molecule is COc1ccc(N2C(=O)CSC2=NC(=O)NCCc2ccc(-c3ncn(-c4ccc(OC(F)(F)F)cc4)n3)cc2)c(C)c1. The number of nitrogens with one attached hydrogen (secondary N) is 1. The molecule has 0 saturated carbocycles. The molecule has 0 radical (unpaired) electrons. The van der Waals surface area contributed by atoms with Crippen LogP contribution >= 0.6 is 11.8 Å². The predicted octanol–water partition coefficient (Wildman–Crippen LogP) is 5.54. The van der Waals surface area contributed by atoms with Gasteiger partial charge in [0.05, 0.1) is 24.2 Å². The van der Waals surface area contributed by atoms with Gasteiger partial charge in [-0.2, -0.15) is 4.99 Å². The molecule has 1 N–H and O–H groups in total. The van der Waals surface area contributed by atoms with Gasteiger partial charge in [0.15, 0.2) is 11.0 Å². The van der Waals surface area contributed by atoms with Gasteiger partial charge in [0.25, 0.3) is 0 Å². The Hall–Kier alpha value is -4.85. The largest absolute Gasteiger partial charge is 0.573 e. The first kappa shape index (κ1) is 29.6. The predicted molar refractivity (Wildman–Crippen MR) is 156 cm³/mol. The third kappa shape index (κ3) is 7.33. The molecule has 1 aliphatic rings. The first-order chi connectivity index (χ1) is 20.6. The molecule has 0 aliphatic carbocycles. The molecule has 1 aromatic heterocycles. The smallest absolute Gasteiger partial charge is 0.497 e. The van der Waals surface area contributed by atoms with Crippen LogP contribution in [0.3, 0.4) is 0 Å². The van der Waals surface area contributed by atoms with E-state index in [1.165, 1.54) is 51.9 Å². The van der Waals surface area contributed by atoms with Gasteiger partial charge >= 0.3 is 12.4 Å². The van der Waals surface area contributed by atoms with E-state index in [2.05, 4.69) is 25.1 Å². The maximum absolute atomic E-state index is 12.6. The zero-order valence-corrected chi connectivity index (χ0v) is 23.8. The number of aryl methyl sites for hydroxylation is 1. The van der Waals surface area contributed by atoms with Crippen molar-refractivity contribution in [2.75, 3.05) is 24.3 Å². The Bertz CT molecular complexity index is 1660. The number of carbonyl (C=O) groups is 2. The molecule has 10 nitrogen and oxygen atoms in total. The number of aliphatic imine (C=N–C) groups is 1. The van der Waals surface area contributed by atoms with Gasteiger partial charge in [-0.3, -0.25) is 9.69 Å². The highest BCUT2D eigenvalue weighted by Gasteiger charge is 2.32. The number of benzene rings is 3. The summed E-state index contributed by atoms with van der Waals surface area (Å²) in [7, 11) is 1.57. The van der Waals surface area contributed by atoms with Crippen LogP contribution < -0.4 is 19.7 Å². The molecule has 43 heavy (non-hydrogen) atoms. The molecule has 14 heteroatoms. The van der Waals surface area contributed by atoms with Crippen molar-refractivity contribution in [3.63, 3.8) is 0 Å². The summed E-state index contributed by atoms with van der Waals surface area (Å²) in [5, 5.41) is 7.48. The molecular weight excluding hydrogens is 585 g/mol. The van der Waals surface area contributed by atoms with Crippen molar-refractivity contribution in [2.24, 2.45) is 4.99 Å². The summed E-state index contributed by atoms with van der Waals surface area (Å²) in [6.07, 6.45) is -2.75. The van der Waals surface area contributed by atoms with E-state index in [-0.39, 0.29) is 17.4 Å². The lowest BCUT2D eigenvalue weighted by Gasteiger charge is -2.18. The van der Waals surface area contributed by atoms with Gasteiger partial charge in [-0.25, -0.2) is 14.5 Å². The van der Waals surface area contributed by atoms with Crippen molar-refractivity contribution in [2.45, 2.75) is 19.7 Å². The summed E-state index contributed by atoms with van der Waals surface area (Å²) >= 11 is 1.21. The van der Waals surface area contributed by atoms with Gasteiger partial charge in [0, 0.05) is 12.1 Å². The van der Waals surface area contributed by atoms with E-state index in [4.69, 9.17) is 4.74 Å². The second-order valence-electron chi connectivity index (χ2n) is 9.30. The highest BCUT2D eigenvalue weighted by molar-refractivity contribution is 8.15. The number of aromatic nitrogens is 3. The van der Waals surface area contributed by atoms with Crippen LogP contribution in [0.15, 0.2) is 78.0 Å². The fraction of sp³-hybridized carbons (Fsp3) is 0.207. The molecule has 1 fully saturated rings. The second-order valence-corrected chi connectivity index (χ2v) is 10.2. The molecule has 4 aromatic rings. The van der Waals surface area contributed by atoms with Crippen LogP contribution in [0.1, 0.15) is 11.1 Å². The van der Waals surface area contributed by atoms with E-state index in [0.717, 1.165) is 16.7 Å². The zero-order valence-electron chi connectivity index (χ0n) is 23.0. The number of methoxy groups -OCH3 is 1. The quantitative estimate of drug-likeness (QED) is 0.279. The van der Waals surface area contributed by atoms with Gasteiger partial charge in [0.2, 0.25) is 5.91 Å². The Kier molecular flexibility index (Phi) is 8.66. The van der Waals surface area contributed by atoms with Crippen molar-refractivity contribution in [3.8, 4) is 28.6 Å². The minimum absolute atomic E-state index is 0.155. The molecule has 0 atom stereocenters. The van der Waals surface area contributed by atoms with Gasteiger partial charge in [0.1, 0.15) is 17.8 Å². The maximum atomic E-state index is 12.6. The number of rotatable bonds is 8. The van der Waals surface area contributed by atoms with E-state index in [1.54, 1.807) is 19.2 Å². The van der Waals surface area contributed by atoms with Crippen LogP contribution in [-0.4, -0.2) is 57.6 Å². The van der Waals surface area contributed by atoms with Crippen LogP contribution in [-0.2, 0) is 11.2 Å². The summed E-state index contributed by atoms with van der Waals surface area (Å²) in [6, 6.07) is 17.5. The van der Waals surface area contributed by atoms with Crippen LogP contribution in [0, 0.1) is 6.92 Å². The second kappa shape index (κ2) is 12.6. The first-order valence-corrected chi connectivity index (χ1v) is 13.9. The molecule has 1 aliphatic heterocycles. The lowest BCUT2D eigenvalue weighted by Crippen LogP contribution is -2.32. The number of hydrogen-bond donors (Lipinski definition) is 1. The van der Waals surface area contributed by atoms with Crippen LogP contribution in [0.25, 0.3) is 17.1 Å². The number of hydrogen-bond acceptors (Lipinski definition) is 7. The third-order valence-electron chi connectivity index (χ3n) is 6.34. The molecule has 0 unspecified atom stereocenters. The molecule has 3 aromatic carbocycles. The standard InChI is InChI=1S/C29H25F3N6O4S/c1-18-15-23(41-2)11-12-24(18)38-25(39)16-43-28(38)35-27(40)33-14-13-19-3-5-20(6-4-19)26-34-17-37(36-26)21-7-9-22(10-8-21)42-29(30,31)32/h3-12,15,17H,13-14,16H2,1-2H3,(H,33,40). The number of nitrogens with zero attached hydrogens (tertiary/aromatic N) is 5. The normalized spacial score (nSPS) is 14.3. The Morgan fingerprint density at radius 1 is 1.07 bits per heavy atom. The molecule has 0 spiro atoms. The van der Waals surface area contributed by atoms with Crippen molar-refractivity contribution >= 4 is 34.6 Å². The molecule has 1 saturated heterocycles. The summed E-state index contributed by atoms with van der Waals surface area (Å²) in [4.78, 5) is 35.0. The molecule has 3 amide bonds. The van der Waals surface area contributed by atoms with E-state index in [1.807, 2.05) is 37.3 Å². The molecule has 5 rings (SSSR count). The van der Waals surface area contributed by atoms with Gasteiger partial charge in [-0.1, -0.05) is 36.0 Å². The molecule has 0 bridgehead atoms. The Balaban J connectivity index is 1.16. The summed E-state index contributed by atoms with van der Waals surface area (Å²) in [5.74, 6) is 0.821. The Morgan fingerprint density at radius 2 is 1.79 bits per heavy atom. The van der Waals surface area contributed by atoms with Crippen molar-refractivity contribution in [3.05, 3.63) is 84.2 Å². The number of amides is 3. The number of halogens is 3. The van der Waals surface area contributed by atoms with Crippen LogP contribution in [0.5, 0.6) is 11.5 Å². The topological polar surface area (TPSA) is 111 Å². The van der Waals surface area contributed by atoms with Crippen molar-refractivity contribution in [1.29, 1.82) is 0 Å². The van der Waals surface area contributed by atoms with Crippen LogP contribution in [0.4, 0.5) is 23.7 Å². The molecular formula is C29H25F3N6O4S. The van der Waals surface area contributed by atoms with E-state index in [9.17, 15) is 22.8 Å². The van der Waals surface area contributed by atoms with Gasteiger partial charge in [-0.05, 0) is 66.9 Å². The van der Waals surface area contributed by atoms with Gasteiger partial charge in [-0.15, -0.1) is 18.3 Å². The highest BCUT2D eigenvalue weighted by Crippen LogP contribution is 2.31. The summed E-state index contributed by atoms with van der Waals surface area (Å²) in [6.45, 7) is 2.19. The number of amidine groups is 1. The minimum Gasteiger partial charge on any atom is -0.497 e. The monoisotopic (exact) mass is 610 g/mol. The first-order valence-electron chi connectivity index (χ1n) is 12.9. The lowest BCUT2D eigenvalue weighted by atomic mass is 10.1. The number of alkyl halides is 3. The fourth-order valence-electron chi connectivity index (χ4n) is 4.27. The number of thioether (sulfide) groups is 1. The van der Waals surface area contributed by atoms with E-state index in [0.29, 0.717) is 41.1 Å². The van der Waals surface area contributed by atoms with Gasteiger partial charge < -0.3 is 14.8 Å². The number of anilines is 1. The lowest BCUT2D eigenvalue weighted by molar-refractivity contribution is -0.274. The number of carbonyl (C=O) groups excluding carboxylic acids is 2. The average molecular weight is 611 g/mol. The minimum atomic E-state index is -4.76. The molecule has 222 valence electrons. The highest BCUT2D eigenvalue weighted by atomic mass is 32.2. The van der Waals surface area contributed by atoms with E-state index < -0.39 is 12.4 Å².